The first kappa shape index (κ1) is 7.37. The lowest BCUT2D eigenvalue weighted by atomic mass is 9.93. The van der Waals surface area contributed by atoms with Crippen LogP contribution in [0.15, 0.2) is 46.6 Å². The normalized spacial score (nSPS) is 25.2. The summed E-state index contributed by atoms with van der Waals surface area (Å²) in [4.78, 5) is 0. The molecule has 0 amide bonds. The van der Waals surface area contributed by atoms with E-state index in [-0.39, 0.29) is 0 Å². The second kappa shape index (κ2) is 2.73. The van der Waals surface area contributed by atoms with E-state index in [1.165, 1.54) is 32.1 Å². The predicted octanol–water partition coefficient (Wildman–Crippen LogP) is 3.68. The summed E-state index contributed by atoms with van der Waals surface area (Å²) in [6, 6.07) is 0. The van der Waals surface area contributed by atoms with E-state index in [1.807, 2.05) is 0 Å². The fourth-order valence-electron chi connectivity index (χ4n) is 2.63. The van der Waals surface area contributed by atoms with Crippen LogP contribution in [-0.2, 0) is 0 Å². The Kier molecular flexibility index (Phi) is 1.55. The van der Waals surface area contributed by atoms with Crippen LogP contribution in [0, 0.1) is 0 Å². The zero-order valence-electron chi connectivity index (χ0n) is 7.84. The van der Waals surface area contributed by atoms with Crippen LogP contribution in [0.25, 0.3) is 0 Å². The molecular formula is C13H14. The van der Waals surface area contributed by atoms with Gasteiger partial charge in [0.1, 0.15) is 0 Å². The molecule has 0 fully saturated rings. The van der Waals surface area contributed by atoms with Gasteiger partial charge in [-0.05, 0) is 48.8 Å². The average molecular weight is 170 g/mol. The van der Waals surface area contributed by atoms with Gasteiger partial charge in [0.05, 0.1) is 0 Å². The van der Waals surface area contributed by atoms with E-state index in [2.05, 4.69) is 24.3 Å². The molecule has 0 aliphatic heterocycles. The lowest BCUT2D eigenvalue weighted by molar-refractivity contribution is 0.919. The third kappa shape index (κ3) is 1.05. The number of hydrogen-bond acceptors (Lipinski definition) is 0. The van der Waals surface area contributed by atoms with Gasteiger partial charge in [-0.2, -0.15) is 0 Å². The summed E-state index contributed by atoms with van der Waals surface area (Å²) in [5.41, 5.74) is 6.53. The molecule has 0 N–H and O–H groups in total. The molecule has 0 bridgehead atoms. The smallest absolute Gasteiger partial charge is 0.00550 e. The number of rotatable bonds is 0. The Morgan fingerprint density at radius 1 is 0.923 bits per heavy atom. The first-order chi connectivity index (χ1) is 6.45. The third-order valence-corrected chi connectivity index (χ3v) is 3.27. The molecule has 3 rings (SSSR count). The molecule has 0 unspecified atom stereocenters. The molecule has 3 aliphatic rings. The molecule has 0 heterocycles. The van der Waals surface area contributed by atoms with Crippen LogP contribution in [0.3, 0.4) is 0 Å². The van der Waals surface area contributed by atoms with Crippen molar-refractivity contribution in [3.8, 4) is 0 Å². The van der Waals surface area contributed by atoms with Crippen LogP contribution in [0.2, 0.25) is 0 Å². The quantitative estimate of drug-likeness (QED) is 0.520. The highest BCUT2D eigenvalue weighted by Gasteiger charge is 2.23. The van der Waals surface area contributed by atoms with Crippen molar-refractivity contribution in [3.05, 3.63) is 46.6 Å². The lowest BCUT2D eigenvalue weighted by Gasteiger charge is -2.12. The minimum atomic E-state index is 1.24. The van der Waals surface area contributed by atoms with Crippen LogP contribution in [0.5, 0.6) is 0 Å². The van der Waals surface area contributed by atoms with Crippen molar-refractivity contribution >= 4 is 0 Å². The molecule has 0 aromatic carbocycles. The van der Waals surface area contributed by atoms with E-state index >= 15 is 0 Å². The summed E-state index contributed by atoms with van der Waals surface area (Å²) in [5.74, 6) is 0. The molecule has 66 valence electrons. The Labute approximate surface area is 79.3 Å². The molecule has 0 saturated carbocycles. The van der Waals surface area contributed by atoms with E-state index < -0.39 is 0 Å². The van der Waals surface area contributed by atoms with Gasteiger partial charge < -0.3 is 0 Å². The van der Waals surface area contributed by atoms with Crippen molar-refractivity contribution in [1.82, 2.24) is 0 Å². The molecule has 3 aliphatic carbocycles. The largest absolute Gasteiger partial charge is 0.0839 e. The predicted molar refractivity (Wildman–Crippen MR) is 55.4 cm³/mol. The van der Waals surface area contributed by atoms with Crippen molar-refractivity contribution in [2.24, 2.45) is 0 Å². The first-order valence-corrected chi connectivity index (χ1v) is 5.22. The van der Waals surface area contributed by atoms with E-state index in [4.69, 9.17) is 0 Å². The summed E-state index contributed by atoms with van der Waals surface area (Å²) in [7, 11) is 0. The molecule has 0 spiro atoms. The van der Waals surface area contributed by atoms with Gasteiger partial charge in [-0.15, -0.1) is 0 Å². The average Bonchev–Trinajstić information content (AvgIpc) is 2.56. The topological polar surface area (TPSA) is 0 Å². The second-order valence-electron chi connectivity index (χ2n) is 4.08. The van der Waals surface area contributed by atoms with Gasteiger partial charge >= 0.3 is 0 Å². The maximum Gasteiger partial charge on any atom is -0.00550 e. The molecule has 0 atom stereocenters. The van der Waals surface area contributed by atoms with Crippen molar-refractivity contribution < 1.29 is 0 Å². The van der Waals surface area contributed by atoms with Gasteiger partial charge in [0.25, 0.3) is 0 Å². The zero-order valence-corrected chi connectivity index (χ0v) is 7.84. The van der Waals surface area contributed by atoms with Crippen LogP contribution in [0.1, 0.15) is 32.1 Å². The summed E-state index contributed by atoms with van der Waals surface area (Å²) in [6.45, 7) is 0. The Hall–Kier alpha value is -1.04. The Morgan fingerprint density at radius 2 is 1.77 bits per heavy atom. The first-order valence-electron chi connectivity index (χ1n) is 5.22. The monoisotopic (exact) mass is 170 g/mol. The highest BCUT2D eigenvalue weighted by Crippen LogP contribution is 2.42. The summed E-state index contributed by atoms with van der Waals surface area (Å²) < 4.78 is 0. The number of fused-ring (bicyclic) bond motifs is 1. The number of allylic oxidation sites excluding steroid dienone is 8. The summed E-state index contributed by atoms with van der Waals surface area (Å²) >= 11 is 0. The highest BCUT2D eigenvalue weighted by atomic mass is 14.3. The zero-order chi connectivity index (χ0) is 8.67. The van der Waals surface area contributed by atoms with Gasteiger partial charge in [-0.25, -0.2) is 0 Å². The SMILES string of the molecule is C1=CC2=C(CC1)CC1=C2CCC=C1. The summed E-state index contributed by atoms with van der Waals surface area (Å²) in [6.07, 6.45) is 15.6. The molecule has 0 aromatic rings. The van der Waals surface area contributed by atoms with Gasteiger partial charge in [-0.3, -0.25) is 0 Å². The Bertz CT molecular complexity index is 361. The number of hydrogen-bond donors (Lipinski definition) is 0. The minimum Gasteiger partial charge on any atom is -0.0839 e. The highest BCUT2D eigenvalue weighted by molar-refractivity contribution is 5.58. The minimum absolute atomic E-state index is 1.24. The molecular weight excluding hydrogens is 156 g/mol. The Morgan fingerprint density at radius 3 is 2.77 bits per heavy atom. The maximum absolute atomic E-state index is 2.35. The van der Waals surface area contributed by atoms with E-state index in [0.717, 1.165) is 0 Å². The second-order valence-corrected chi connectivity index (χ2v) is 4.08. The maximum atomic E-state index is 2.35. The van der Waals surface area contributed by atoms with Crippen LogP contribution >= 0.6 is 0 Å². The van der Waals surface area contributed by atoms with E-state index in [0.29, 0.717) is 0 Å². The molecule has 0 nitrogen and oxygen atoms in total. The molecule has 0 saturated heterocycles. The van der Waals surface area contributed by atoms with Gasteiger partial charge in [0, 0.05) is 0 Å². The van der Waals surface area contributed by atoms with Crippen molar-refractivity contribution in [3.63, 3.8) is 0 Å². The molecule has 0 heteroatoms. The molecule has 13 heavy (non-hydrogen) atoms. The fraction of sp³-hybridized carbons (Fsp3) is 0.385. The standard InChI is InChI=1S/C13H14/c1-3-7-12-10(5-1)9-11-6-2-4-8-13(11)12/h1,4-5,8H,2-3,6-7,9H2. The van der Waals surface area contributed by atoms with Gasteiger partial charge in [0.2, 0.25) is 0 Å². The fourth-order valence-corrected chi connectivity index (χ4v) is 2.63. The van der Waals surface area contributed by atoms with Gasteiger partial charge in [0.15, 0.2) is 0 Å². The Balaban J connectivity index is 2.05. The van der Waals surface area contributed by atoms with Crippen LogP contribution < -0.4 is 0 Å². The molecule has 0 radical (unpaired) electrons. The van der Waals surface area contributed by atoms with Crippen LogP contribution in [0.4, 0.5) is 0 Å². The van der Waals surface area contributed by atoms with E-state index in [9.17, 15) is 0 Å². The van der Waals surface area contributed by atoms with E-state index in [1.54, 1.807) is 22.3 Å². The van der Waals surface area contributed by atoms with Crippen molar-refractivity contribution in [1.29, 1.82) is 0 Å². The summed E-state index contributed by atoms with van der Waals surface area (Å²) in [5, 5.41) is 0. The third-order valence-electron chi connectivity index (χ3n) is 3.27. The van der Waals surface area contributed by atoms with Crippen molar-refractivity contribution in [2.45, 2.75) is 32.1 Å². The van der Waals surface area contributed by atoms with Crippen molar-refractivity contribution in [2.75, 3.05) is 0 Å². The van der Waals surface area contributed by atoms with Crippen LogP contribution in [-0.4, -0.2) is 0 Å². The van der Waals surface area contributed by atoms with Gasteiger partial charge in [-0.1, -0.05) is 29.9 Å². The molecule has 0 aromatic heterocycles. The lowest BCUT2D eigenvalue weighted by Crippen LogP contribution is -1.92.